The second-order valence-electron chi connectivity index (χ2n) is 9.18. The smallest absolute Gasteiger partial charge is 0.126 e. The zero-order valence-electron chi connectivity index (χ0n) is 19.6. The van der Waals surface area contributed by atoms with Crippen LogP contribution in [0.4, 0.5) is 0 Å². The molecule has 0 aromatic heterocycles. The first-order valence-electron chi connectivity index (χ1n) is 12.0. The van der Waals surface area contributed by atoms with Gasteiger partial charge in [-0.15, -0.1) is 0 Å². The van der Waals surface area contributed by atoms with E-state index in [0.717, 1.165) is 30.4 Å². The van der Waals surface area contributed by atoms with Crippen LogP contribution < -0.4 is 14.2 Å². The van der Waals surface area contributed by atoms with E-state index in [4.69, 9.17) is 14.2 Å². The Bertz CT molecular complexity index is 1060. The first-order chi connectivity index (χ1) is 16.2. The van der Waals surface area contributed by atoms with Crippen molar-refractivity contribution in [1.82, 2.24) is 4.90 Å². The molecule has 0 amide bonds. The molecule has 33 heavy (non-hydrogen) atoms. The Hall–Kier alpha value is -2.98. The maximum absolute atomic E-state index is 6.23. The molecule has 0 unspecified atom stereocenters. The summed E-state index contributed by atoms with van der Waals surface area (Å²) in [7, 11) is 1.69. The third kappa shape index (κ3) is 4.86. The molecule has 4 nitrogen and oxygen atoms in total. The molecule has 0 bridgehead atoms. The highest BCUT2D eigenvalue weighted by Gasteiger charge is 2.33. The first kappa shape index (κ1) is 21.8. The Balaban J connectivity index is 1.40. The van der Waals surface area contributed by atoms with Crippen LogP contribution >= 0.6 is 0 Å². The number of likely N-dealkylation sites (tertiary alicyclic amines) is 1. The fourth-order valence-electron chi connectivity index (χ4n) is 5.10. The topological polar surface area (TPSA) is 30.9 Å². The number of fused-ring (bicyclic) bond motifs is 1. The van der Waals surface area contributed by atoms with Crippen LogP contribution in [0.2, 0.25) is 0 Å². The number of ether oxygens (including phenoxy) is 3. The average molecular weight is 444 g/mol. The molecule has 1 saturated heterocycles. The highest BCUT2D eigenvalue weighted by Crippen LogP contribution is 2.47. The van der Waals surface area contributed by atoms with Crippen LogP contribution in [-0.4, -0.2) is 44.9 Å². The number of rotatable bonds is 7. The fraction of sp³-hybridized carbons (Fsp3) is 0.379. The van der Waals surface area contributed by atoms with E-state index in [1.54, 1.807) is 7.11 Å². The van der Waals surface area contributed by atoms with Gasteiger partial charge in [0, 0.05) is 30.0 Å². The molecule has 4 heteroatoms. The van der Waals surface area contributed by atoms with Crippen molar-refractivity contribution in [3.8, 4) is 17.2 Å². The van der Waals surface area contributed by atoms with Crippen molar-refractivity contribution in [1.29, 1.82) is 0 Å². The van der Waals surface area contributed by atoms with Crippen LogP contribution in [0.3, 0.4) is 0 Å². The summed E-state index contributed by atoms with van der Waals surface area (Å²) in [5.74, 6) is 3.12. The number of benzene rings is 3. The highest BCUT2D eigenvalue weighted by molar-refractivity contribution is 5.51. The molecule has 0 radical (unpaired) electrons. The highest BCUT2D eigenvalue weighted by atomic mass is 16.5. The molecule has 5 rings (SSSR count). The predicted molar refractivity (Wildman–Crippen MR) is 132 cm³/mol. The summed E-state index contributed by atoms with van der Waals surface area (Å²) in [6.45, 7) is 6.93. The normalized spacial score (nSPS) is 20.2. The minimum absolute atomic E-state index is 0.209. The van der Waals surface area contributed by atoms with Crippen LogP contribution in [0, 0.1) is 6.92 Å². The van der Waals surface area contributed by atoms with Gasteiger partial charge in [-0.25, -0.2) is 0 Å². The molecule has 0 N–H and O–H groups in total. The van der Waals surface area contributed by atoms with Gasteiger partial charge in [-0.05, 0) is 62.2 Å². The molecular formula is C29H33NO3. The molecule has 2 aliphatic rings. The molecule has 0 aliphatic carbocycles. The summed E-state index contributed by atoms with van der Waals surface area (Å²) in [5.41, 5.74) is 5.06. The van der Waals surface area contributed by atoms with Crippen molar-refractivity contribution in [2.45, 2.75) is 31.6 Å². The molecule has 2 atom stereocenters. The van der Waals surface area contributed by atoms with Crippen LogP contribution in [0.15, 0.2) is 66.7 Å². The lowest BCUT2D eigenvalue weighted by atomic mass is 9.76. The Labute approximate surface area is 197 Å². The van der Waals surface area contributed by atoms with E-state index in [0.29, 0.717) is 6.61 Å². The Morgan fingerprint density at radius 2 is 1.58 bits per heavy atom. The second kappa shape index (κ2) is 9.88. The first-order valence-corrected chi connectivity index (χ1v) is 12.0. The van der Waals surface area contributed by atoms with E-state index < -0.39 is 0 Å². The van der Waals surface area contributed by atoms with Gasteiger partial charge in [0.1, 0.15) is 23.9 Å². The van der Waals surface area contributed by atoms with Crippen LogP contribution in [-0.2, 0) is 0 Å². The lowest BCUT2D eigenvalue weighted by Gasteiger charge is -2.34. The minimum atomic E-state index is 0.209. The van der Waals surface area contributed by atoms with Gasteiger partial charge in [-0.1, -0.05) is 48.0 Å². The molecule has 1 fully saturated rings. The molecule has 2 aliphatic heterocycles. The molecule has 3 aromatic carbocycles. The van der Waals surface area contributed by atoms with Gasteiger partial charge in [-0.2, -0.15) is 0 Å². The molecule has 2 heterocycles. The van der Waals surface area contributed by atoms with Gasteiger partial charge in [0.2, 0.25) is 0 Å². The molecule has 172 valence electrons. The van der Waals surface area contributed by atoms with Crippen molar-refractivity contribution in [3.63, 3.8) is 0 Å². The summed E-state index contributed by atoms with van der Waals surface area (Å²) < 4.78 is 17.7. The van der Waals surface area contributed by atoms with Crippen LogP contribution in [0.1, 0.15) is 46.9 Å². The number of aryl methyl sites for hydroxylation is 1. The molecule has 0 spiro atoms. The van der Waals surface area contributed by atoms with E-state index in [-0.39, 0.29) is 11.8 Å². The maximum Gasteiger partial charge on any atom is 0.126 e. The zero-order chi connectivity index (χ0) is 22.6. The summed E-state index contributed by atoms with van der Waals surface area (Å²) in [6.07, 6.45) is 2.63. The third-order valence-corrected chi connectivity index (χ3v) is 7.00. The van der Waals surface area contributed by atoms with E-state index in [1.807, 2.05) is 12.1 Å². The predicted octanol–water partition coefficient (Wildman–Crippen LogP) is 5.79. The average Bonchev–Trinajstić information content (AvgIpc) is 3.38. The summed E-state index contributed by atoms with van der Waals surface area (Å²) in [5, 5.41) is 0. The summed E-state index contributed by atoms with van der Waals surface area (Å²) in [6, 6.07) is 23.7. The maximum atomic E-state index is 6.23. The van der Waals surface area contributed by atoms with E-state index >= 15 is 0 Å². The van der Waals surface area contributed by atoms with Crippen molar-refractivity contribution in [2.75, 3.05) is 40.0 Å². The van der Waals surface area contributed by atoms with Gasteiger partial charge in [0.25, 0.3) is 0 Å². The van der Waals surface area contributed by atoms with Crippen LogP contribution in [0.25, 0.3) is 0 Å². The van der Waals surface area contributed by atoms with Crippen molar-refractivity contribution < 1.29 is 14.2 Å². The second-order valence-corrected chi connectivity index (χ2v) is 9.18. The van der Waals surface area contributed by atoms with Crippen molar-refractivity contribution in [3.05, 3.63) is 89.0 Å². The Morgan fingerprint density at radius 1 is 0.879 bits per heavy atom. The SMILES string of the molecule is COc1ccc2c(c1)OC[C@@H](c1ccc(C)cc1)[C@H]2c1ccc(OCCN2CCCC2)cc1. The lowest BCUT2D eigenvalue weighted by Crippen LogP contribution is -2.25. The quantitative estimate of drug-likeness (QED) is 0.463. The Kier molecular flexibility index (Phi) is 6.54. The zero-order valence-corrected chi connectivity index (χ0v) is 19.6. The van der Waals surface area contributed by atoms with Gasteiger partial charge in [0.15, 0.2) is 0 Å². The number of hydrogen-bond donors (Lipinski definition) is 0. The van der Waals surface area contributed by atoms with Gasteiger partial charge < -0.3 is 14.2 Å². The summed E-state index contributed by atoms with van der Waals surface area (Å²) in [4.78, 5) is 2.48. The molecule has 3 aromatic rings. The van der Waals surface area contributed by atoms with Crippen molar-refractivity contribution >= 4 is 0 Å². The Morgan fingerprint density at radius 3 is 2.30 bits per heavy atom. The number of nitrogens with zero attached hydrogens (tertiary/aromatic N) is 1. The van der Waals surface area contributed by atoms with E-state index in [9.17, 15) is 0 Å². The fourth-order valence-corrected chi connectivity index (χ4v) is 5.10. The monoisotopic (exact) mass is 443 g/mol. The third-order valence-electron chi connectivity index (χ3n) is 7.00. The van der Waals surface area contributed by atoms with Crippen molar-refractivity contribution in [2.24, 2.45) is 0 Å². The summed E-state index contributed by atoms with van der Waals surface area (Å²) >= 11 is 0. The van der Waals surface area contributed by atoms with E-state index in [2.05, 4.69) is 66.4 Å². The number of hydrogen-bond acceptors (Lipinski definition) is 4. The van der Waals surface area contributed by atoms with Gasteiger partial charge in [0.05, 0.1) is 13.7 Å². The van der Waals surface area contributed by atoms with E-state index in [1.165, 1.54) is 48.2 Å². The van der Waals surface area contributed by atoms with Crippen LogP contribution in [0.5, 0.6) is 17.2 Å². The van der Waals surface area contributed by atoms with Gasteiger partial charge in [-0.3, -0.25) is 4.90 Å². The molecular weight excluding hydrogens is 410 g/mol. The molecule has 0 saturated carbocycles. The minimum Gasteiger partial charge on any atom is -0.497 e. The van der Waals surface area contributed by atoms with Gasteiger partial charge >= 0.3 is 0 Å². The number of methoxy groups -OCH3 is 1. The standard InChI is InChI=1S/C29H33NO3/c1-21-5-7-22(8-6-21)27-20-33-28-19-25(31-2)13-14-26(28)29(27)23-9-11-24(12-10-23)32-18-17-30-15-3-4-16-30/h5-14,19,27,29H,3-4,15-18,20H2,1-2H3/t27-,29-/m0/s1. The largest absolute Gasteiger partial charge is 0.497 e. The lowest BCUT2D eigenvalue weighted by molar-refractivity contribution is 0.237.